The van der Waals surface area contributed by atoms with E-state index in [9.17, 15) is 0 Å². The monoisotopic (exact) mass is 863 g/mol. The molecule has 1 aliphatic carbocycles. The van der Waals surface area contributed by atoms with Crippen LogP contribution in [0.1, 0.15) is 136 Å². The lowest BCUT2D eigenvalue weighted by Gasteiger charge is -2.45. The first-order valence-corrected chi connectivity index (χ1v) is 24.9. The Balaban J connectivity index is 1.47. The number of hydrogen-bond acceptors (Lipinski definition) is 3. The van der Waals surface area contributed by atoms with Gasteiger partial charge in [0.2, 0.25) is 0 Å². The van der Waals surface area contributed by atoms with Gasteiger partial charge in [0.25, 0.3) is 6.71 Å². The van der Waals surface area contributed by atoms with E-state index >= 15 is 0 Å². The van der Waals surface area contributed by atoms with E-state index < -0.39 is 0 Å². The van der Waals surface area contributed by atoms with Crippen LogP contribution < -0.4 is 64.6 Å². The quantitative estimate of drug-likeness (QED) is 0.251. The molecule has 0 saturated carbocycles. The van der Waals surface area contributed by atoms with Crippen LogP contribution in [0.4, 0.5) is 34.1 Å². The van der Waals surface area contributed by atoms with Gasteiger partial charge in [-0.2, -0.15) is 0 Å². The number of rotatable bonds is 3. The molecule has 9 rings (SSSR count). The van der Waals surface area contributed by atoms with Crippen LogP contribution >= 0.6 is 0 Å². The highest BCUT2D eigenvalue weighted by atomic mass is 16.3. The van der Waals surface area contributed by atoms with Crippen molar-refractivity contribution in [3.63, 3.8) is 0 Å². The van der Waals surface area contributed by atoms with Gasteiger partial charge in [0.15, 0.2) is 0 Å². The fourth-order valence-corrected chi connectivity index (χ4v) is 11.9. The average molecular weight is 862 g/mol. The summed E-state index contributed by atoms with van der Waals surface area (Å²) in [4.78, 5) is 5.33. The predicted molar refractivity (Wildman–Crippen MR) is 312 cm³/mol. The molecule has 0 atom stereocenters. The number of nitrogens with zero attached hydrogens (tertiary/aromatic N) is 2. The zero-order valence-corrected chi connectivity index (χ0v) is 44.6. The average Bonchev–Trinajstić information content (AvgIpc) is 3.63. The highest BCUT2D eigenvalue weighted by Crippen LogP contribution is 2.55. The summed E-state index contributed by atoms with van der Waals surface area (Å²) in [6, 6.07) is 24.6. The Hall–Kier alpha value is -4.50. The molecule has 5 aromatic carbocycles. The van der Waals surface area contributed by atoms with Crippen LogP contribution in [0.25, 0.3) is 11.1 Å². The molecular weight excluding hydrogens is 791 g/mol. The maximum Gasteiger partial charge on any atom is 0.297 e. The summed E-state index contributed by atoms with van der Waals surface area (Å²) in [6.07, 6.45) is 2.19. The van der Waals surface area contributed by atoms with Crippen molar-refractivity contribution < 1.29 is 4.42 Å². The van der Waals surface area contributed by atoms with Crippen LogP contribution in [0.3, 0.4) is 0 Å². The van der Waals surface area contributed by atoms with E-state index in [1.54, 1.807) is 0 Å². The van der Waals surface area contributed by atoms with Gasteiger partial charge in [-0.3, -0.25) is 0 Å². The van der Waals surface area contributed by atoms with Gasteiger partial charge in [0, 0.05) is 39.3 Å². The zero-order chi connectivity index (χ0) is 48.3. The topological polar surface area (TPSA) is 19.6 Å². The largest absolute Gasteiger partial charge is 0.472 e. The smallest absolute Gasteiger partial charge is 0.297 e. The lowest BCUT2D eigenvalue weighted by molar-refractivity contribution is 0.282. The number of fused-ring (bicyclic) bond motifs is 6. The Bertz CT molecular complexity index is 3000. The number of anilines is 6. The van der Waals surface area contributed by atoms with Gasteiger partial charge in [-0.05, 0) is 111 Å². The lowest BCUT2D eigenvalue weighted by Crippen LogP contribution is -2.62. The van der Waals surface area contributed by atoms with E-state index in [4.69, 9.17) is 4.42 Å². The van der Waals surface area contributed by atoms with Crippen molar-refractivity contribution in [2.75, 3.05) is 9.80 Å². The Kier molecular flexibility index (Phi) is 10.6. The number of furan rings is 1. The standard InChI is InChI=1S/C55H70B8N2O/c1-27-21-37-46-38(22-27)65(47-32(56)24-30(25-33(47)57)53(8,9)10)48-40-49(55(13,14)20-19-54(40,11)12)66-50(48)63(46)34-26-29(52(5,6)7)16-18-36(34)64(37)35-17-15-28(51(2,3)4)23-31(35)39-41(58)43(60)45(62)44(61)42(39)59/h15-18,21-26H,19-20,56-62H2,1-14H3. The van der Waals surface area contributed by atoms with Gasteiger partial charge in [0.05, 0.1) is 17.0 Å². The molecule has 0 bridgehead atoms. The fourth-order valence-electron chi connectivity index (χ4n) is 11.9. The molecule has 0 radical (unpaired) electrons. The van der Waals surface area contributed by atoms with Gasteiger partial charge < -0.3 is 14.2 Å². The molecule has 2 aliphatic heterocycles. The summed E-state index contributed by atoms with van der Waals surface area (Å²) in [6.45, 7) is 33.0. The van der Waals surface area contributed by atoms with Crippen molar-refractivity contribution in [3.05, 3.63) is 94.2 Å². The Morgan fingerprint density at radius 3 is 1.56 bits per heavy atom. The van der Waals surface area contributed by atoms with Crippen molar-refractivity contribution in [2.24, 2.45) is 0 Å². The SMILES string of the molecule is Bc1cc(C(C)(C)C)cc(B)c1N1c2cc(C)cc3c2B(c2cc(C(C)(C)C)ccc2N3c2ccc(C(C)(C)C)cc2-c2c(B)c(B)c(B)c(B)c2B)c2oc3c(c21)C(C)(C)CCC3(C)C. The molecular formula is C55H70B8N2O. The Morgan fingerprint density at radius 1 is 0.530 bits per heavy atom. The van der Waals surface area contributed by atoms with Crippen LogP contribution in [0.2, 0.25) is 0 Å². The molecule has 1 aromatic heterocycles. The molecule has 3 nitrogen and oxygen atoms in total. The van der Waals surface area contributed by atoms with Crippen molar-refractivity contribution in [2.45, 2.75) is 137 Å². The highest BCUT2D eigenvalue weighted by Gasteiger charge is 2.53. The second-order valence-corrected chi connectivity index (χ2v) is 25.3. The molecule has 0 spiro atoms. The third-order valence-corrected chi connectivity index (χ3v) is 16.5. The number of hydrogen-bond donors (Lipinski definition) is 0. The first-order chi connectivity index (χ1) is 30.5. The molecule has 3 heterocycles. The van der Waals surface area contributed by atoms with Crippen LogP contribution in [0, 0.1) is 6.92 Å². The van der Waals surface area contributed by atoms with Crippen LogP contribution in [-0.2, 0) is 27.1 Å². The van der Waals surface area contributed by atoms with Gasteiger partial charge >= 0.3 is 0 Å². The first-order valence-electron chi connectivity index (χ1n) is 24.9. The predicted octanol–water partition coefficient (Wildman–Crippen LogP) is 1.39. The van der Waals surface area contributed by atoms with Gasteiger partial charge in [-0.25, -0.2) is 0 Å². The van der Waals surface area contributed by atoms with E-state index in [1.165, 1.54) is 122 Å². The Morgan fingerprint density at radius 2 is 1.02 bits per heavy atom. The van der Waals surface area contributed by atoms with E-state index in [2.05, 4.69) is 222 Å². The van der Waals surface area contributed by atoms with Crippen LogP contribution in [-0.4, -0.2) is 61.6 Å². The van der Waals surface area contributed by atoms with Gasteiger partial charge in [-0.15, -0.1) is 16.4 Å². The molecule has 11 heteroatoms. The van der Waals surface area contributed by atoms with Gasteiger partial charge in [0.1, 0.15) is 60.7 Å². The lowest BCUT2D eigenvalue weighted by atomic mass is 9.35. The zero-order valence-electron chi connectivity index (χ0n) is 44.6. The van der Waals surface area contributed by atoms with E-state index in [0.717, 1.165) is 24.3 Å². The van der Waals surface area contributed by atoms with Crippen molar-refractivity contribution in [1.29, 1.82) is 0 Å². The van der Waals surface area contributed by atoms with E-state index in [0.29, 0.717) is 0 Å². The highest BCUT2D eigenvalue weighted by molar-refractivity contribution is 6.99. The normalized spacial score (nSPS) is 16.2. The summed E-state index contributed by atoms with van der Waals surface area (Å²) in [5.41, 5.74) is 29.7. The minimum Gasteiger partial charge on any atom is -0.472 e. The second-order valence-electron chi connectivity index (χ2n) is 25.3. The summed E-state index contributed by atoms with van der Waals surface area (Å²) < 4.78 is 7.75. The van der Waals surface area contributed by atoms with Crippen LogP contribution in [0.15, 0.2) is 65.1 Å². The molecule has 0 unspecified atom stereocenters. The minimum atomic E-state index is -0.112. The molecule has 0 saturated heterocycles. The minimum absolute atomic E-state index is 0.0238. The maximum atomic E-state index is 7.75. The summed E-state index contributed by atoms with van der Waals surface area (Å²) in [5.74, 6) is 1.16. The summed E-state index contributed by atoms with van der Waals surface area (Å²) >= 11 is 0. The first kappa shape index (κ1) is 46.6. The Labute approximate surface area is 405 Å². The third-order valence-electron chi connectivity index (χ3n) is 16.5. The third kappa shape index (κ3) is 7.00. The molecule has 3 aliphatic rings. The molecule has 0 amide bonds. The summed E-state index contributed by atoms with van der Waals surface area (Å²) in [5, 5.41) is 0. The van der Waals surface area contributed by atoms with E-state index in [1.807, 2.05) is 0 Å². The van der Waals surface area contributed by atoms with Crippen molar-refractivity contribution in [3.8, 4) is 11.1 Å². The van der Waals surface area contributed by atoms with Crippen molar-refractivity contribution in [1.82, 2.24) is 0 Å². The molecule has 66 heavy (non-hydrogen) atoms. The van der Waals surface area contributed by atoms with E-state index in [-0.39, 0.29) is 33.8 Å². The van der Waals surface area contributed by atoms with Gasteiger partial charge in [-0.1, -0.05) is 142 Å². The number of aryl methyl sites for hydroxylation is 1. The fraction of sp³-hybridized carbons (Fsp3) is 0.382. The maximum absolute atomic E-state index is 7.75. The summed E-state index contributed by atoms with van der Waals surface area (Å²) in [7, 11) is 16.3. The molecule has 0 N–H and O–H groups in total. The molecule has 0 fully saturated rings. The van der Waals surface area contributed by atoms with Crippen molar-refractivity contribution >= 4 is 151 Å². The molecule has 330 valence electrons. The number of benzene rings is 5. The second kappa shape index (κ2) is 15.0. The molecule has 6 aromatic rings. The van der Waals surface area contributed by atoms with Crippen LogP contribution in [0.5, 0.6) is 0 Å².